The molecule has 1 aromatic carbocycles. The summed E-state index contributed by atoms with van der Waals surface area (Å²) in [5, 5.41) is 22.6. The van der Waals surface area contributed by atoms with E-state index in [1.807, 2.05) is 0 Å². The van der Waals surface area contributed by atoms with Crippen molar-refractivity contribution in [3.63, 3.8) is 0 Å². The van der Waals surface area contributed by atoms with Gasteiger partial charge in [-0.1, -0.05) is 0 Å². The van der Waals surface area contributed by atoms with E-state index >= 15 is 0 Å². The summed E-state index contributed by atoms with van der Waals surface area (Å²) in [6, 6.07) is 3.69. The Morgan fingerprint density at radius 1 is 1.27 bits per heavy atom. The number of carboxylic acids is 1. The average molecular weight is 313 g/mol. The Kier molecular flexibility index (Phi) is 7.83. The molecule has 0 aliphatic heterocycles. The molecule has 22 heavy (non-hydrogen) atoms. The highest BCUT2D eigenvalue weighted by Crippen LogP contribution is 2.25. The summed E-state index contributed by atoms with van der Waals surface area (Å²) in [5.41, 5.74) is 5.08. The number of benzene rings is 1. The third kappa shape index (κ3) is 6.04. The van der Waals surface area contributed by atoms with E-state index in [9.17, 15) is 14.9 Å². The predicted octanol–water partition coefficient (Wildman–Crippen LogP) is 0.697. The van der Waals surface area contributed by atoms with Gasteiger partial charge in [-0.3, -0.25) is 10.1 Å². The number of hydrogen-bond acceptors (Lipinski definition) is 7. The molecule has 1 aromatic rings. The first-order valence-corrected chi connectivity index (χ1v) is 6.67. The zero-order valence-corrected chi connectivity index (χ0v) is 12.0. The number of carboxylic acid groups (broad SMARTS) is 1. The highest BCUT2D eigenvalue weighted by Gasteiger charge is 2.16. The van der Waals surface area contributed by atoms with Crippen LogP contribution in [0.5, 0.6) is 0 Å². The van der Waals surface area contributed by atoms with Crippen LogP contribution in [-0.4, -0.2) is 55.5 Å². The predicted molar refractivity (Wildman–Crippen MR) is 79.2 cm³/mol. The lowest BCUT2D eigenvalue weighted by molar-refractivity contribution is -0.384. The van der Waals surface area contributed by atoms with Gasteiger partial charge in [0, 0.05) is 19.2 Å². The second-order valence-electron chi connectivity index (χ2n) is 4.23. The lowest BCUT2D eigenvalue weighted by Gasteiger charge is -2.08. The number of aromatic carboxylic acids is 1. The molecular formula is C13H19N3O6. The number of ether oxygens (including phenoxy) is 2. The molecule has 0 aromatic heterocycles. The van der Waals surface area contributed by atoms with Crippen molar-refractivity contribution in [1.82, 2.24) is 0 Å². The van der Waals surface area contributed by atoms with Gasteiger partial charge < -0.3 is 25.6 Å². The van der Waals surface area contributed by atoms with Crippen LogP contribution in [0.25, 0.3) is 0 Å². The number of nitrogens with one attached hydrogen (secondary N) is 1. The number of nitrogens with two attached hydrogens (primary N) is 1. The molecule has 0 saturated heterocycles. The maximum atomic E-state index is 10.9. The summed E-state index contributed by atoms with van der Waals surface area (Å²) in [4.78, 5) is 21.1. The van der Waals surface area contributed by atoms with E-state index in [-0.39, 0.29) is 16.9 Å². The molecular weight excluding hydrogens is 294 g/mol. The lowest BCUT2D eigenvalue weighted by Crippen LogP contribution is -2.15. The van der Waals surface area contributed by atoms with Crippen molar-refractivity contribution in [3.8, 4) is 0 Å². The molecule has 4 N–H and O–H groups in total. The van der Waals surface area contributed by atoms with Gasteiger partial charge in [0.15, 0.2) is 0 Å². The monoisotopic (exact) mass is 313 g/mol. The molecule has 0 unspecified atom stereocenters. The minimum absolute atomic E-state index is 0.134. The number of rotatable bonds is 11. The Morgan fingerprint density at radius 2 is 1.95 bits per heavy atom. The lowest BCUT2D eigenvalue weighted by atomic mass is 10.1. The maximum absolute atomic E-state index is 10.9. The summed E-state index contributed by atoms with van der Waals surface area (Å²) in [6.45, 7) is 2.46. The number of anilines is 1. The summed E-state index contributed by atoms with van der Waals surface area (Å²) >= 11 is 0. The van der Waals surface area contributed by atoms with Gasteiger partial charge in [0.25, 0.3) is 5.69 Å². The standard InChI is InChI=1S/C13H19N3O6/c14-3-5-21-7-8-22-6-4-15-11-2-1-10(13(17)18)9-12(11)16(19)20/h1-2,9,15H,3-8,14H2,(H,17,18). The molecule has 0 spiro atoms. The Labute approximate surface area is 127 Å². The van der Waals surface area contributed by atoms with E-state index in [1.54, 1.807) is 0 Å². The Bertz CT molecular complexity index is 509. The number of carbonyl (C=O) groups is 1. The Hall–Kier alpha value is -2.23. The first-order chi connectivity index (χ1) is 10.6. The summed E-state index contributed by atoms with van der Waals surface area (Å²) in [6.07, 6.45) is 0. The topological polar surface area (TPSA) is 137 Å². The molecule has 1 rings (SSSR count). The van der Waals surface area contributed by atoms with E-state index in [0.717, 1.165) is 6.07 Å². The molecule has 0 saturated carbocycles. The molecule has 122 valence electrons. The number of nitro benzene ring substituents is 1. The maximum Gasteiger partial charge on any atom is 0.335 e. The summed E-state index contributed by atoms with van der Waals surface area (Å²) < 4.78 is 10.4. The highest BCUT2D eigenvalue weighted by molar-refractivity contribution is 5.89. The summed E-state index contributed by atoms with van der Waals surface area (Å²) in [5.74, 6) is -1.21. The van der Waals surface area contributed by atoms with E-state index in [1.165, 1.54) is 12.1 Å². The van der Waals surface area contributed by atoms with Crippen molar-refractivity contribution < 1.29 is 24.3 Å². The van der Waals surface area contributed by atoms with Gasteiger partial charge in [-0.25, -0.2) is 4.79 Å². The van der Waals surface area contributed by atoms with Crippen molar-refractivity contribution in [2.24, 2.45) is 5.73 Å². The third-order valence-corrected chi connectivity index (χ3v) is 2.64. The van der Waals surface area contributed by atoms with Gasteiger partial charge in [0.1, 0.15) is 5.69 Å². The van der Waals surface area contributed by atoms with Gasteiger partial charge in [0.05, 0.1) is 36.9 Å². The van der Waals surface area contributed by atoms with Crippen molar-refractivity contribution in [3.05, 3.63) is 33.9 Å². The Balaban J connectivity index is 2.42. The van der Waals surface area contributed by atoms with Gasteiger partial charge in [-0.05, 0) is 12.1 Å². The van der Waals surface area contributed by atoms with E-state index in [0.29, 0.717) is 39.5 Å². The number of nitro groups is 1. The van der Waals surface area contributed by atoms with Crippen LogP contribution in [0.4, 0.5) is 11.4 Å². The molecule has 0 amide bonds. The van der Waals surface area contributed by atoms with Crippen LogP contribution in [0, 0.1) is 10.1 Å². The molecule has 0 radical (unpaired) electrons. The molecule has 0 aliphatic rings. The molecule has 9 heteroatoms. The van der Waals surface area contributed by atoms with Gasteiger partial charge >= 0.3 is 5.97 Å². The largest absolute Gasteiger partial charge is 0.478 e. The van der Waals surface area contributed by atoms with Crippen molar-refractivity contribution in [2.75, 3.05) is 44.8 Å². The van der Waals surface area contributed by atoms with Crippen LogP contribution in [0.3, 0.4) is 0 Å². The molecule has 0 aliphatic carbocycles. The fourth-order valence-corrected chi connectivity index (χ4v) is 1.63. The summed E-state index contributed by atoms with van der Waals surface area (Å²) in [7, 11) is 0. The van der Waals surface area contributed by atoms with Crippen LogP contribution >= 0.6 is 0 Å². The quantitative estimate of drug-likeness (QED) is 0.308. The number of hydrogen-bond donors (Lipinski definition) is 3. The fraction of sp³-hybridized carbons (Fsp3) is 0.462. The van der Waals surface area contributed by atoms with Crippen LogP contribution in [0.2, 0.25) is 0 Å². The molecule has 0 bridgehead atoms. The number of nitrogens with zero attached hydrogens (tertiary/aromatic N) is 1. The minimum Gasteiger partial charge on any atom is -0.478 e. The van der Waals surface area contributed by atoms with E-state index in [2.05, 4.69) is 5.32 Å². The van der Waals surface area contributed by atoms with E-state index in [4.69, 9.17) is 20.3 Å². The molecule has 0 atom stereocenters. The SMILES string of the molecule is NCCOCCOCCNc1ccc(C(=O)O)cc1[N+](=O)[O-]. The zero-order valence-electron chi connectivity index (χ0n) is 12.0. The van der Waals surface area contributed by atoms with Gasteiger partial charge in [-0.2, -0.15) is 0 Å². The first kappa shape index (κ1) is 17.8. The molecule has 0 fully saturated rings. The van der Waals surface area contributed by atoms with Crippen molar-refractivity contribution in [2.45, 2.75) is 0 Å². The minimum atomic E-state index is -1.21. The van der Waals surface area contributed by atoms with E-state index < -0.39 is 10.9 Å². The second kappa shape index (κ2) is 9.66. The average Bonchev–Trinajstić information content (AvgIpc) is 2.49. The zero-order chi connectivity index (χ0) is 16.4. The Morgan fingerprint density at radius 3 is 2.55 bits per heavy atom. The van der Waals surface area contributed by atoms with Crippen LogP contribution < -0.4 is 11.1 Å². The third-order valence-electron chi connectivity index (χ3n) is 2.64. The molecule has 9 nitrogen and oxygen atoms in total. The van der Waals surface area contributed by atoms with Crippen LogP contribution in [0.1, 0.15) is 10.4 Å². The van der Waals surface area contributed by atoms with Gasteiger partial charge in [-0.15, -0.1) is 0 Å². The second-order valence-corrected chi connectivity index (χ2v) is 4.23. The smallest absolute Gasteiger partial charge is 0.335 e. The van der Waals surface area contributed by atoms with Gasteiger partial charge in [0.2, 0.25) is 0 Å². The van der Waals surface area contributed by atoms with Crippen molar-refractivity contribution in [1.29, 1.82) is 0 Å². The first-order valence-electron chi connectivity index (χ1n) is 6.67. The highest BCUT2D eigenvalue weighted by atomic mass is 16.6. The molecule has 0 heterocycles. The van der Waals surface area contributed by atoms with Crippen LogP contribution in [0.15, 0.2) is 18.2 Å². The van der Waals surface area contributed by atoms with Crippen LogP contribution in [-0.2, 0) is 9.47 Å². The van der Waals surface area contributed by atoms with Crippen molar-refractivity contribution >= 4 is 17.3 Å². The normalized spacial score (nSPS) is 10.4. The fourth-order valence-electron chi connectivity index (χ4n) is 1.63.